The van der Waals surface area contributed by atoms with Gasteiger partial charge in [0.05, 0.1) is 5.41 Å². The monoisotopic (exact) mass is 302 g/mol. The normalized spacial score (nSPS) is 11.7. The predicted octanol–water partition coefficient (Wildman–Crippen LogP) is 2.82. The van der Waals surface area contributed by atoms with E-state index < -0.39 is 10.0 Å². The Hall–Kier alpha value is -2.11. The van der Waals surface area contributed by atoms with Crippen molar-refractivity contribution in [3.05, 3.63) is 71.1 Å². The van der Waals surface area contributed by atoms with E-state index in [-0.39, 0.29) is 0 Å². The fourth-order valence-electron chi connectivity index (χ4n) is 1.88. The van der Waals surface area contributed by atoms with Crippen molar-refractivity contribution in [3.8, 4) is 0 Å². The van der Waals surface area contributed by atoms with E-state index in [1.807, 2.05) is 55.6 Å². The Morgan fingerprint density at radius 1 is 1.05 bits per heavy atom. The van der Waals surface area contributed by atoms with Crippen LogP contribution in [0.15, 0.2) is 60.0 Å². The topological polar surface area (TPSA) is 58.2 Å². The van der Waals surface area contributed by atoms with Crippen molar-refractivity contribution < 1.29 is 8.42 Å². The summed E-state index contributed by atoms with van der Waals surface area (Å²) >= 11 is 0. The average Bonchev–Trinajstić information content (AvgIpc) is 2.47. The molecule has 2 aromatic carbocycles. The van der Waals surface area contributed by atoms with E-state index in [0.717, 1.165) is 11.1 Å². The first kappa shape index (κ1) is 15.3. The van der Waals surface area contributed by atoms with Crippen LogP contribution >= 0.6 is 0 Å². The molecule has 0 radical (unpaired) electrons. The van der Waals surface area contributed by atoms with Gasteiger partial charge in [-0.2, -0.15) is 0 Å². The molecule has 0 bridgehead atoms. The minimum Gasteiger partial charge on any atom is -0.316 e. The molecule has 21 heavy (non-hydrogen) atoms. The Bertz CT molecular complexity index is 710. The van der Waals surface area contributed by atoms with E-state index in [1.54, 1.807) is 12.1 Å². The summed E-state index contributed by atoms with van der Waals surface area (Å²) in [5.74, 6) is 0. The molecule has 0 aliphatic heterocycles. The third kappa shape index (κ3) is 5.06. The largest absolute Gasteiger partial charge is 0.316 e. The number of nitrogens with one attached hydrogen (secondary N) is 2. The Balaban J connectivity index is 2.10. The SMILES string of the molecule is CNCc1cccc(NS(=O)(=O)/C=C/c2ccccc2)c1. The highest BCUT2D eigenvalue weighted by atomic mass is 32.2. The Morgan fingerprint density at radius 2 is 1.81 bits per heavy atom. The van der Waals surface area contributed by atoms with Crippen molar-refractivity contribution in [2.24, 2.45) is 0 Å². The summed E-state index contributed by atoms with van der Waals surface area (Å²) in [6, 6.07) is 16.6. The van der Waals surface area contributed by atoms with Gasteiger partial charge in [0.1, 0.15) is 0 Å². The molecule has 0 aromatic heterocycles. The Morgan fingerprint density at radius 3 is 2.52 bits per heavy atom. The van der Waals surface area contributed by atoms with Crippen LogP contribution in [0.2, 0.25) is 0 Å². The summed E-state index contributed by atoms with van der Waals surface area (Å²) in [4.78, 5) is 0. The summed E-state index contributed by atoms with van der Waals surface area (Å²) in [5.41, 5.74) is 2.41. The molecule has 2 rings (SSSR count). The molecule has 0 atom stereocenters. The number of benzene rings is 2. The van der Waals surface area contributed by atoms with Gasteiger partial charge in [0.15, 0.2) is 0 Å². The van der Waals surface area contributed by atoms with Crippen molar-refractivity contribution in [1.29, 1.82) is 0 Å². The van der Waals surface area contributed by atoms with Gasteiger partial charge < -0.3 is 5.32 Å². The van der Waals surface area contributed by atoms with Crippen LogP contribution in [0.3, 0.4) is 0 Å². The molecule has 0 aliphatic rings. The van der Waals surface area contributed by atoms with E-state index in [0.29, 0.717) is 12.2 Å². The summed E-state index contributed by atoms with van der Waals surface area (Å²) in [6.45, 7) is 0.690. The maximum Gasteiger partial charge on any atom is 0.255 e. The van der Waals surface area contributed by atoms with Gasteiger partial charge in [0.25, 0.3) is 10.0 Å². The number of anilines is 1. The standard InChI is InChI=1S/C16H18N2O2S/c1-17-13-15-8-5-9-16(12-15)18-21(19,20)11-10-14-6-3-2-4-7-14/h2-12,17-18H,13H2,1H3/b11-10+. The van der Waals surface area contributed by atoms with Crippen LogP contribution in [0.5, 0.6) is 0 Å². The molecular formula is C16H18N2O2S. The summed E-state index contributed by atoms with van der Waals surface area (Å²) in [6.07, 6.45) is 1.57. The van der Waals surface area contributed by atoms with Crippen molar-refractivity contribution in [2.75, 3.05) is 11.8 Å². The third-order valence-electron chi connectivity index (χ3n) is 2.81. The second kappa shape index (κ2) is 7.06. The van der Waals surface area contributed by atoms with Gasteiger partial charge in [-0.05, 0) is 36.4 Å². The van der Waals surface area contributed by atoms with E-state index >= 15 is 0 Å². The molecule has 0 unspecified atom stereocenters. The van der Waals surface area contributed by atoms with Crippen LogP contribution in [0.25, 0.3) is 6.08 Å². The molecule has 110 valence electrons. The predicted molar refractivity (Wildman–Crippen MR) is 87.2 cm³/mol. The average molecular weight is 302 g/mol. The molecule has 5 heteroatoms. The van der Waals surface area contributed by atoms with Gasteiger partial charge in [-0.1, -0.05) is 42.5 Å². The molecular weight excluding hydrogens is 284 g/mol. The molecule has 0 amide bonds. The van der Waals surface area contributed by atoms with Gasteiger partial charge in [-0.3, -0.25) is 4.72 Å². The fourth-order valence-corrected chi connectivity index (χ4v) is 2.74. The van der Waals surface area contributed by atoms with Gasteiger partial charge in [-0.25, -0.2) is 8.42 Å². The molecule has 0 aliphatic carbocycles. The number of rotatable bonds is 6. The van der Waals surface area contributed by atoms with Crippen molar-refractivity contribution in [3.63, 3.8) is 0 Å². The quantitative estimate of drug-likeness (QED) is 0.862. The first-order valence-corrected chi connectivity index (χ1v) is 8.13. The first-order chi connectivity index (χ1) is 10.1. The fraction of sp³-hybridized carbons (Fsp3) is 0.125. The van der Waals surface area contributed by atoms with Crippen LogP contribution < -0.4 is 10.0 Å². The maximum atomic E-state index is 12.0. The van der Waals surface area contributed by atoms with Gasteiger partial charge in [-0.15, -0.1) is 0 Å². The van der Waals surface area contributed by atoms with E-state index in [9.17, 15) is 8.42 Å². The Kier molecular flexibility index (Phi) is 5.14. The van der Waals surface area contributed by atoms with E-state index in [4.69, 9.17) is 0 Å². The zero-order chi connectivity index (χ0) is 15.1. The summed E-state index contributed by atoms with van der Waals surface area (Å²) in [5, 5.41) is 4.20. The number of sulfonamides is 1. The van der Waals surface area contributed by atoms with Crippen LogP contribution in [0, 0.1) is 0 Å². The first-order valence-electron chi connectivity index (χ1n) is 6.58. The van der Waals surface area contributed by atoms with Crippen molar-refractivity contribution in [1.82, 2.24) is 5.32 Å². The van der Waals surface area contributed by atoms with Crippen LogP contribution in [0.1, 0.15) is 11.1 Å². The van der Waals surface area contributed by atoms with Crippen molar-refractivity contribution >= 4 is 21.8 Å². The summed E-state index contributed by atoms with van der Waals surface area (Å²) < 4.78 is 26.6. The highest BCUT2D eigenvalue weighted by Gasteiger charge is 2.05. The molecule has 0 spiro atoms. The third-order valence-corrected chi connectivity index (χ3v) is 3.82. The zero-order valence-electron chi connectivity index (χ0n) is 11.8. The second-order valence-corrected chi connectivity index (χ2v) is 6.16. The minimum absolute atomic E-state index is 0.556. The van der Waals surface area contributed by atoms with Crippen LogP contribution in [0.4, 0.5) is 5.69 Å². The van der Waals surface area contributed by atoms with E-state index in [2.05, 4.69) is 10.0 Å². The smallest absolute Gasteiger partial charge is 0.255 e. The lowest BCUT2D eigenvalue weighted by molar-refractivity contribution is 0.609. The Labute approximate surface area is 125 Å². The lowest BCUT2D eigenvalue weighted by Gasteiger charge is -2.06. The maximum absolute atomic E-state index is 12.0. The molecule has 0 fully saturated rings. The molecule has 2 aromatic rings. The van der Waals surface area contributed by atoms with Crippen LogP contribution in [-0.4, -0.2) is 15.5 Å². The second-order valence-electron chi connectivity index (χ2n) is 4.59. The number of hydrogen-bond donors (Lipinski definition) is 2. The minimum atomic E-state index is -3.52. The highest BCUT2D eigenvalue weighted by Crippen LogP contribution is 2.13. The molecule has 0 saturated heterocycles. The molecule has 4 nitrogen and oxygen atoms in total. The zero-order valence-corrected chi connectivity index (χ0v) is 12.6. The molecule has 2 N–H and O–H groups in total. The van der Waals surface area contributed by atoms with Crippen molar-refractivity contribution in [2.45, 2.75) is 6.54 Å². The highest BCUT2D eigenvalue weighted by molar-refractivity contribution is 7.95. The summed E-state index contributed by atoms with van der Waals surface area (Å²) in [7, 11) is -1.67. The lowest BCUT2D eigenvalue weighted by Crippen LogP contribution is -2.10. The lowest BCUT2D eigenvalue weighted by atomic mass is 10.2. The van der Waals surface area contributed by atoms with Gasteiger partial charge in [0, 0.05) is 12.2 Å². The van der Waals surface area contributed by atoms with Crippen LogP contribution in [-0.2, 0) is 16.6 Å². The van der Waals surface area contributed by atoms with E-state index in [1.165, 1.54) is 5.41 Å². The molecule has 0 saturated carbocycles. The molecule has 0 heterocycles. The van der Waals surface area contributed by atoms with Gasteiger partial charge >= 0.3 is 0 Å². The number of hydrogen-bond acceptors (Lipinski definition) is 3. The van der Waals surface area contributed by atoms with Gasteiger partial charge in [0.2, 0.25) is 0 Å².